The summed E-state index contributed by atoms with van der Waals surface area (Å²) >= 11 is 0. The van der Waals surface area contributed by atoms with E-state index in [1.54, 1.807) is 6.07 Å². The number of ether oxygens (including phenoxy) is 2. The molecule has 2 aromatic rings. The Hall–Kier alpha value is -3.09. The summed E-state index contributed by atoms with van der Waals surface area (Å²) in [5, 5.41) is 9.88. The molecule has 7 heteroatoms. The Labute approximate surface area is 149 Å². The highest BCUT2D eigenvalue weighted by atomic mass is 19.1. The molecule has 0 aromatic heterocycles. The highest BCUT2D eigenvalue weighted by Gasteiger charge is 2.43. The molecule has 0 spiro atoms. The monoisotopic (exact) mass is 359 g/mol. The zero-order valence-electron chi connectivity index (χ0n) is 14.5. The molecule has 2 atom stereocenters. The first-order valence-corrected chi connectivity index (χ1v) is 7.90. The first-order valence-electron chi connectivity index (χ1n) is 7.90. The normalized spacial score (nSPS) is 19.1. The van der Waals surface area contributed by atoms with Crippen molar-refractivity contribution in [3.8, 4) is 11.5 Å². The third-order valence-electron chi connectivity index (χ3n) is 4.63. The number of amides is 1. The Bertz CT molecular complexity index is 882. The van der Waals surface area contributed by atoms with Crippen molar-refractivity contribution in [2.24, 2.45) is 0 Å². The molecular formula is C19H18FNO5. The van der Waals surface area contributed by atoms with E-state index in [0.29, 0.717) is 22.6 Å². The molecule has 0 fully saturated rings. The number of benzene rings is 2. The van der Waals surface area contributed by atoms with Gasteiger partial charge in [-0.2, -0.15) is 0 Å². The molecule has 1 aliphatic rings. The Morgan fingerprint density at radius 3 is 2.38 bits per heavy atom. The van der Waals surface area contributed by atoms with Gasteiger partial charge in [0, 0.05) is 12.6 Å². The molecule has 2 unspecified atom stereocenters. The molecule has 26 heavy (non-hydrogen) atoms. The number of nitrogens with zero attached hydrogens (tertiary/aromatic N) is 1. The Balaban J connectivity index is 2.25. The summed E-state index contributed by atoms with van der Waals surface area (Å²) in [6.07, 6.45) is 0. The summed E-state index contributed by atoms with van der Waals surface area (Å²) < 4.78 is 24.2. The van der Waals surface area contributed by atoms with E-state index in [2.05, 4.69) is 0 Å². The van der Waals surface area contributed by atoms with E-state index < -0.39 is 23.7 Å². The maximum Gasteiger partial charge on any atom is 0.313 e. The largest absolute Gasteiger partial charge is 0.493 e. The van der Waals surface area contributed by atoms with Crippen LogP contribution < -0.4 is 9.47 Å². The number of carboxylic acids is 1. The Morgan fingerprint density at radius 1 is 1.15 bits per heavy atom. The van der Waals surface area contributed by atoms with Crippen molar-refractivity contribution in [3.05, 3.63) is 58.9 Å². The summed E-state index contributed by atoms with van der Waals surface area (Å²) in [7, 11) is 4.37. The lowest BCUT2D eigenvalue weighted by molar-refractivity contribution is -0.140. The van der Waals surface area contributed by atoms with Crippen LogP contribution in [0.3, 0.4) is 0 Å². The topological polar surface area (TPSA) is 76.1 Å². The molecule has 1 N–H and O–H groups in total. The first-order chi connectivity index (χ1) is 12.4. The van der Waals surface area contributed by atoms with Crippen LogP contribution in [0.15, 0.2) is 36.4 Å². The number of methoxy groups -OCH3 is 2. The Morgan fingerprint density at radius 2 is 1.81 bits per heavy atom. The number of carboxylic acid groups (broad SMARTS) is 1. The van der Waals surface area contributed by atoms with Crippen LogP contribution in [0.4, 0.5) is 4.39 Å². The van der Waals surface area contributed by atoms with Gasteiger partial charge in [0.2, 0.25) is 0 Å². The van der Waals surface area contributed by atoms with Gasteiger partial charge in [-0.3, -0.25) is 9.59 Å². The van der Waals surface area contributed by atoms with Crippen LogP contribution in [0.25, 0.3) is 0 Å². The first kappa shape index (κ1) is 17.7. The lowest BCUT2D eigenvalue weighted by Gasteiger charge is -2.38. The lowest BCUT2D eigenvalue weighted by Crippen LogP contribution is -2.42. The number of likely N-dealkylation sites (N-methyl/N-ethyl adjacent to an activating group) is 1. The van der Waals surface area contributed by atoms with Gasteiger partial charge in [0.25, 0.3) is 5.91 Å². The van der Waals surface area contributed by atoms with Gasteiger partial charge in [0.15, 0.2) is 11.5 Å². The van der Waals surface area contributed by atoms with Crippen LogP contribution in [0.1, 0.15) is 33.4 Å². The predicted molar refractivity (Wildman–Crippen MR) is 91.2 cm³/mol. The summed E-state index contributed by atoms with van der Waals surface area (Å²) in [4.78, 5) is 26.3. The predicted octanol–water partition coefficient (Wildman–Crippen LogP) is 2.84. The molecular weight excluding hydrogens is 341 g/mol. The number of halogens is 1. The minimum Gasteiger partial charge on any atom is -0.493 e. The molecule has 2 aromatic carbocycles. The van der Waals surface area contributed by atoms with Gasteiger partial charge in [-0.25, -0.2) is 4.39 Å². The standard InChI is InChI=1S/C19H18FNO5/c1-21-17(10-5-4-6-11(20)7-10)16(19(23)24)12-8-14(25-2)15(26-3)9-13(12)18(21)22/h4-9,16-17H,1-3H3,(H,23,24). The van der Waals surface area contributed by atoms with Gasteiger partial charge in [0.05, 0.1) is 20.3 Å². The van der Waals surface area contributed by atoms with Crippen LogP contribution in [-0.4, -0.2) is 43.2 Å². The average Bonchev–Trinajstić information content (AvgIpc) is 2.62. The van der Waals surface area contributed by atoms with Crippen LogP contribution in [0, 0.1) is 5.82 Å². The van der Waals surface area contributed by atoms with Crippen LogP contribution in [-0.2, 0) is 4.79 Å². The van der Waals surface area contributed by atoms with E-state index >= 15 is 0 Å². The summed E-state index contributed by atoms with van der Waals surface area (Å²) in [5.74, 6) is -2.39. The fraction of sp³-hybridized carbons (Fsp3) is 0.263. The third kappa shape index (κ3) is 2.75. The molecule has 1 amide bonds. The van der Waals surface area contributed by atoms with Gasteiger partial charge in [-0.1, -0.05) is 12.1 Å². The van der Waals surface area contributed by atoms with E-state index in [4.69, 9.17) is 9.47 Å². The van der Waals surface area contributed by atoms with Crippen molar-refractivity contribution in [1.29, 1.82) is 0 Å². The fourth-order valence-electron chi connectivity index (χ4n) is 3.42. The second-order valence-electron chi connectivity index (χ2n) is 6.03. The molecule has 6 nitrogen and oxygen atoms in total. The van der Waals surface area contributed by atoms with Crippen LogP contribution in [0.2, 0.25) is 0 Å². The van der Waals surface area contributed by atoms with E-state index in [1.807, 2.05) is 0 Å². The molecule has 0 aliphatic carbocycles. The van der Waals surface area contributed by atoms with E-state index in [9.17, 15) is 19.1 Å². The highest BCUT2D eigenvalue weighted by Crippen LogP contribution is 2.45. The molecule has 0 radical (unpaired) electrons. The van der Waals surface area contributed by atoms with Gasteiger partial charge < -0.3 is 19.5 Å². The molecule has 0 bridgehead atoms. The molecule has 0 saturated carbocycles. The van der Waals surface area contributed by atoms with Crippen molar-refractivity contribution in [3.63, 3.8) is 0 Å². The maximum atomic E-state index is 13.7. The molecule has 136 valence electrons. The molecule has 0 saturated heterocycles. The minimum atomic E-state index is -1.12. The third-order valence-corrected chi connectivity index (χ3v) is 4.63. The van der Waals surface area contributed by atoms with Crippen molar-refractivity contribution >= 4 is 11.9 Å². The highest BCUT2D eigenvalue weighted by molar-refractivity contribution is 6.01. The summed E-state index contributed by atoms with van der Waals surface area (Å²) in [6.45, 7) is 0. The van der Waals surface area contributed by atoms with Gasteiger partial charge in [-0.15, -0.1) is 0 Å². The summed E-state index contributed by atoms with van der Waals surface area (Å²) in [6, 6.07) is 7.75. The van der Waals surface area contributed by atoms with E-state index in [0.717, 1.165) is 0 Å². The zero-order valence-corrected chi connectivity index (χ0v) is 14.5. The maximum absolute atomic E-state index is 13.7. The van der Waals surface area contributed by atoms with Gasteiger partial charge in [-0.05, 0) is 35.4 Å². The van der Waals surface area contributed by atoms with E-state index in [-0.39, 0.29) is 11.5 Å². The molecule has 1 heterocycles. The SMILES string of the molecule is COc1cc2c(cc1OC)C(C(=O)O)C(c1cccc(F)c1)N(C)C2=O. The molecule has 1 aliphatic heterocycles. The second-order valence-corrected chi connectivity index (χ2v) is 6.03. The zero-order chi connectivity index (χ0) is 19.0. The van der Waals surface area contributed by atoms with Crippen molar-refractivity contribution in [1.82, 2.24) is 4.90 Å². The van der Waals surface area contributed by atoms with Crippen LogP contribution >= 0.6 is 0 Å². The number of hydrogen-bond donors (Lipinski definition) is 1. The number of aliphatic carboxylic acids is 1. The Kier molecular flexibility index (Phi) is 4.54. The number of carbonyl (C=O) groups excluding carboxylic acids is 1. The lowest BCUT2D eigenvalue weighted by atomic mass is 9.80. The minimum absolute atomic E-state index is 0.227. The van der Waals surface area contributed by atoms with Gasteiger partial charge in [0.1, 0.15) is 11.7 Å². The molecule has 3 rings (SSSR count). The quantitative estimate of drug-likeness (QED) is 0.908. The van der Waals surface area contributed by atoms with Crippen LogP contribution in [0.5, 0.6) is 11.5 Å². The van der Waals surface area contributed by atoms with Gasteiger partial charge >= 0.3 is 5.97 Å². The van der Waals surface area contributed by atoms with Crippen molar-refractivity contribution < 1.29 is 28.6 Å². The van der Waals surface area contributed by atoms with Crippen molar-refractivity contribution in [2.45, 2.75) is 12.0 Å². The number of fused-ring (bicyclic) bond motifs is 1. The summed E-state index contributed by atoms with van der Waals surface area (Å²) in [5.41, 5.74) is 0.950. The number of rotatable bonds is 4. The fourth-order valence-corrected chi connectivity index (χ4v) is 3.42. The second kappa shape index (κ2) is 6.67. The number of hydrogen-bond acceptors (Lipinski definition) is 4. The average molecular weight is 359 g/mol. The van der Waals surface area contributed by atoms with E-state index in [1.165, 1.54) is 56.5 Å². The van der Waals surface area contributed by atoms with Crippen molar-refractivity contribution in [2.75, 3.05) is 21.3 Å². The smallest absolute Gasteiger partial charge is 0.313 e. The number of carbonyl (C=O) groups is 2.